The quantitative estimate of drug-likeness (QED) is 0.772. The minimum atomic E-state index is -0.203. The Balaban J connectivity index is 1.64. The lowest BCUT2D eigenvalue weighted by atomic mass is 10.1. The van der Waals surface area contributed by atoms with E-state index in [-0.39, 0.29) is 11.8 Å². The van der Waals surface area contributed by atoms with Gasteiger partial charge in [-0.3, -0.25) is 14.6 Å². The summed E-state index contributed by atoms with van der Waals surface area (Å²) in [6.07, 6.45) is 1.69. The molecule has 3 rings (SSSR count). The van der Waals surface area contributed by atoms with Crippen LogP contribution in [0.3, 0.4) is 0 Å². The largest absolute Gasteiger partial charge is 0.346 e. The third kappa shape index (κ3) is 4.13. The third-order valence-electron chi connectivity index (χ3n) is 4.00. The molecule has 1 heterocycles. The smallest absolute Gasteiger partial charge is 0.258 e. The molecule has 0 aliphatic rings. The third-order valence-corrected chi connectivity index (χ3v) is 4.00. The van der Waals surface area contributed by atoms with Crippen molar-refractivity contribution < 1.29 is 9.59 Å². The summed E-state index contributed by atoms with van der Waals surface area (Å²) >= 11 is 0. The Hall–Kier alpha value is -3.47. The van der Waals surface area contributed by atoms with Crippen LogP contribution in [-0.2, 0) is 6.54 Å². The number of rotatable bonds is 5. The molecule has 0 atom stereocenters. The van der Waals surface area contributed by atoms with Crippen LogP contribution in [0.5, 0.6) is 0 Å². The fraction of sp³-hybridized carbons (Fsp3) is 0.0952. The van der Waals surface area contributed by atoms with Crippen LogP contribution in [-0.4, -0.2) is 23.8 Å². The molecule has 0 radical (unpaired) electrons. The molecule has 26 heavy (non-hydrogen) atoms. The molecule has 0 aliphatic heterocycles. The van der Waals surface area contributed by atoms with Crippen molar-refractivity contribution in [2.45, 2.75) is 6.54 Å². The van der Waals surface area contributed by atoms with Gasteiger partial charge in [0.15, 0.2) is 0 Å². The number of aromatic nitrogens is 1. The topological polar surface area (TPSA) is 62.3 Å². The van der Waals surface area contributed by atoms with E-state index in [9.17, 15) is 9.59 Å². The van der Waals surface area contributed by atoms with E-state index >= 15 is 0 Å². The Morgan fingerprint density at radius 3 is 2.19 bits per heavy atom. The highest BCUT2D eigenvalue weighted by Crippen LogP contribution is 2.15. The molecule has 0 bridgehead atoms. The zero-order valence-corrected chi connectivity index (χ0v) is 14.4. The van der Waals surface area contributed by atoms with Gasteiger partial charge < -0.3 is 10.2 Å². The van der Waals surface area contributed by atoms with E-state index in [0.29, 0.717) is 17.7 Å². The lowest BCUT2D eigenvalue weighted by Crippen LogP contribution is -2.26. The molecule has 5 nitrogen and oxygen atoms in total. The van der Waals surface area contributed by atoms with Gasteiger partial charge in [-0.25, -0.2) is 0 Å². The average Bonchev–Trinajstić information content (AvgIpc) is 2.72. The molecule has 2 aromatic carbocycles. The monoisotopic (exact) mass is 345 g/mol. The maximum absolute atomic E-state index is 12.6. The first kappa shape index (κ1) is 17.4. The van der Waals surface area contributed by atoms with Gasteiger partial charge in [-0.2, -0.15) is 0 Å². The van der Waals surface area contributed by atoms with Gasteiger partial charge in [0.2, 0.25) is 0 Å². The van der Waals surface area contributed by atoms with Gasteiger partial charge in [0, 0.05) is 30.1 Å². The Morgan fingerprint density at radius 1 is 0.885 bits per heavy atom. The first-order valence-electron chi connectivity index (χ1n) is 8.26. The second-order valence-electron chi connectivity index (χ2n) is 5.78. The Morgan fingerprint density at radius 2 is 1.54 bits per heavy atom. The molecule has 3 aromatic rings. The molecule has 0 saturated carbocycles. The van der Waals surface area contributed by atoms with Crippen molar-refractivity contribution in [3.63, 3.8) is 0 Å². The number of hydrogen-bond donors (Lipinski definition) is 1. The zero-order valence-electron chi connectivity index (χ0n) is 14.4. The maximum atomic E-state index is 12.6. The summed E-state index contributed by atoms with van der Waals surface area (Å²) < 4.78 is 0. The molecule has 0 spiro atoms. The number of hydrogen-bond acceptors (Lipinski definition) is 3. The van der Waals surface area contributed by atoms with E-state index in [4.69, 9.17) is 0 Å². The Kier molecular flexibility index (Phi) is 5.39. The van der Waals surface area contributed by atoms with Crippen LogP contribution in [0.25, 0.3) is 0 Å². The van der Waals surface area contributed by atoms with Crippen molar-refractivity contribution in [2.75, 3.05) is 11.9 Å². The molecular weight excluding hydrogens is 326 g/mol. The molecule has 0 unspecified atom stereocenters. The highest BCUT2D eigenvalue weighted by Gasteiger charge is 2.14. The first-order valence-corrected chi connectivity index (χ1v) is 8.26. The van der Waals surface area contributed by atoms with Crippen LogP contribution in [0, 0.1) is 0 Å². The molecule has 1 N–H and O–H groups in total. The maximum Gasteiger partial charge on any atom is 0.258 e. The van der Waals surface area contributed by atoms with Gasteiger partial charge in [-0.05, 0) is 48.5 Å². The number of amides is 2. The second-order valence-corrected chi connectivity index (χ2v) is 5.78. The number of para-hydroxylation sites is 1. The summed E-state index contributed by atoms with van der Waals surface area (Å²) in [4.78, 5) is 30.5. The van der Waals surface area contributed by atoms with Crippen LogP contribution in [0.1, 0.15) is 26.4 Å². The van der Waals surface area contributed by atoms with Gasteiger partial charge in [-0.15, -0.1) is 0 Å². The molecule has 130 valence electrons. The first-order chi connectivity index (χ1) is 12.6. The predicted molar refractivity (Wildman–Crippen MR) is 101 cm³/mol. The lowest BCUT2D eigenvalue weighted by Gasteiger charge is -2.17. The number of nitrogens with zero attached hydrogens (tertiary/aromatic N) is 2. The molecule has 0 aliphatic carbocycles. The number of benzene rings is 2. The highest BCUT2D eigenvalue weighted by molar-refractivity contribution is 6.06. The fourth-order valence-electron chi connectivity index (χ4n) is 2.50. The van der Waals surface area contributed by atoms with Crippen molar-refractivity contribution in [1.29, 1.82) is 0 Å². The summed E-state index contributed by atoms with van der Waals surface area (Å²) in [5, 5.41) is 2.82. The van der Waals surface area contributed by atoms with Crippen LogP contribution in [0.4, 0.5) is 5.69 Å². The minimum Gasteiger partial charge on any atom is -0.346 e. The summed E-state index contributed by atoms with van der Waals surface area (Å²) in [5.74, 6) is -0.331. The van der Waals surface area contributed by atoms with Crippen molar-refractivity contribution in [1.82, 2.24) is 10.3 Å². The van der Waals surface area contributed by atoms with Gasteiger partial charge in [0.25, 0.3) is 11.8 Å². The van der Waals surface area contributed by atoms with E-state index in [0.717, 1.165) is 11.4 Å². The Bertz CT molecular complexity index is 878. The van der Waals surface area contributed by atoms with Crippen molar-refractivity contribution in [3.8, 4) is 0 Å². The molecule has 0 fully saturated rings. The van der Waals surface area contributed by atoms with E-state index in [1.807, 2.05) is 48.5 Å². The number of carbonyl (C=O) groups is 2. The Labute approximate surface area is 152 Å². The normalized spacial score (nSPS) is 10.2. The number of nitrogens with one attached hydrogen (secondary N) is 1. The SMILES string of the molecule is CN(C(=O)c1ccc(C(=O)NCc2ccccn2)cc1)c1ccccc1. The molecule has 0 saturated heterocycles. The van der Waals surface area contributed by atoms with Crippen molar-refractivity contribution >= 4 is 17.5 Å². The fourth-order valence-corrected chi connectivity index (χ4v) is 2.50. The number of carbonyl (C=O) groups excluding carboxylic acids is 2. The van der Waals surface area contributed by atoms with Gasteiger partial charge in [0.05, 0.1) is 12.2 Å². The average molecular weight is 345 g/mol. The van der Waals surface area contributed by atoms with Gasteiger partial charge in [-0.1, -0.05) is 24.3 Å². The summed E-state index contributed by atoms with van der Waals surface area (Å²) in [5.41, 5.74) is 2.63. The van der Waals surface area contributed by atoms with Crippen molar-refractivity contribution in [3.05, 3.63) is 95.8 Å². The number of anilines is 1. The highest BCUT2D eigenvalue weighted by atomic mass is 16.2. The molecular formula is C21H19N3O2. The van der Waals surface area contributed by atoms with Gasteiger partial charge in [0.1, 0.15) is 0 Å². The second kappa shape index (κ2) is 8.07. The van der Waals surface area contributed by atoms with Crippen molar-refractivity contribution in [2.24, 2.45) is 0 Å². The van der Waals surface area contributed by atoms with Crippen LogP contribution in [0.15, 0.2) is 79.0 Å². The summed E-state index contributed by atoms with van der Waals surface area (Å²) in [7, 11) is 1.73. The van der Waals surface area contributed by atoms with Gasteiger partial charge >= 0.3 is 0 Å². The van der Waals surface area contributed by atoms with Crippen LogP contribution >= 0.6 is 0 Å². The molecule has 1 aromatic heterocycles. The zero-order chi connectivity index (χ0) is 18.4. The predicted octanol–water partition coefficient (Wildman–Crippen LogP) is 3.29. The molecule has 5 heteroatoms. The van der Waals surface area contributed by atoms with E-state index in [1.165, 1.54) is 0 Å². The lowest BCUT2D eigenvalue weighted by molar-refractivity contribution is 0.0947. The van der Waals surface area contributed by atoms with E-state index in [1.54, 1.807) is 42.4 Å². The van der Waals surface area contributed by atoms with E-state index < -0.39 is 0 Å². The molecule has 2 amide bonds. The van der Waals surface area contributed by atoms with E-state index in [2.05, 4.69) is 10.3 Å². The van der Waals surface area contributed by atoms with Crippen LogP contribution < -0.4 is 10.2 Å². The minimum absolute atomic E-state index is 0.128. The van der Waals surface area contributed by atoms with Crippen LogP contribution in [0.2, 0.25) is 0 Å². The standard InChI is InChI=1S/C21H19N3O2/c1-24(19-8-3-2-4-9-19)21(26)17-12-10-16(11-13-17)20(25)23-15-18-7-5-6-14-22-18/h2-14H,15H2,1H3,(H,23,25). The summed E-state index contributed by atoms with van der Waals surface area (Å²) in [6.45, 7) is 0.358. The number of pyridine rings is 1. The summed E-state index contributed by atoms with van der Waals surface area (Å²) in [6, 6.07) is 21.6.